The van der Waals surface area contributed by atoms with Crippen molar-refractivity contribution in [2.75, 3.05) is 28.8 Å². The van der Waals surface area contributed by atoms with Crippen LogP contribution in [-0.4, -0.2) is 73.3 Å². The first-order chi connectivity index (χ1) is 36.8. The van der Waals surface area contributed by atoms with Gasteiger partial charge in [0.2, 0.25) is 11.8 Å². The number of amides is 4. The number of Topliss-reactive ketones (excluding diaryl/α,β-unsaturated/α-hetero) is 2. The van der Waals surface area contributed by atoms with E-state index in [-0.39, 0.29) is 67.4 Å². The van der Waals surface area contributed by atoms with Crippen LogP contribution in [-0.2, 0) is 56.5 Å². The van der Waals surface area contributed by atoms with Crippen LogP contribution in [0.2, 0.25) is 0 Å². The van der Waals surface area contributed by atoms with E-state index in [1.54, 1.807) is 45.2 Å². The van der Waals surface area contributed by atoms with Crippen LogP contribution in [0.1, 0.15) is 126 Å². The van der Waals surface area contributed by atoms with Crippen LogP contribution in [0, 0.1) is 12.8 Å². The molecule has 5 aromatic carbocycles. The van der Waals surface area contributed by atoms with E-state index in [0.717, 1.165) is 40.9 Å². The van der Waals surface area contributed by atoms with Gasteiger partial charge in [0, 0.05) is 79.0 Å². The minimum atomic E-state index is -0.815. The molecule has 16 heteroatoms. The minimum absolute atomic E-state index is 0.0567. The number of rotatable bonds is 23. The number of benzene rings is 5. The Labute approximate surface area is 443 Å². The molecule has 4 aliphatic heterocycles. The molecule has 0 saturated heterocycles. The molecule has 0 spiro atoms. The van der Waals surface area contributed by atoms with E-state index in [1.807, 2.05) is 83.6 Å². The van der Waals surface area contributed by atoms with Crippen molar-refractivity contribution in [1.82, 2.24) is 5.32 Å². The third-order valence-corrected chi connectivity index (χ3v) is 14.8. The Balaban J connectivity index is 0.885. The summed E-state index contributed by atoms with van der Waals surface area (Å²) < 4.78 is 18.8. The van der Waals surface area contributed by atoms with Gasteiger partial charge < -0.3 is 34.6 Å². The van der Waals surface area contributed by atoms with Gasteiger partial charge in [-0.1, -0.05) is 43.3 Å². The molecule has 76 heavy (non-hydrogen) atoms. The molecule has 0 fully saturated rings. The maximum atomic E-state index is 14.2. The van der Waals surface area contributed by atoms with Crippen LogP contribution in [0.5, 0.6) is 17.2 Å². The number of hydrogen-bond acceptors (Lipinski definition) is 12. The number of carbonyl (C=O) groups excluding carboxylic acids is 6. The van der Waals surface area contributed by atoms with Gasteiger partial charge in [-0.25, -0.2) is 5.90 Å². The highest BCUT2D eigenvalue weighted by atomic mass is 16.6. The Bertz CT molecular complexity index is 3080. The molecule has 4 aliphatic rings. The second kappa shape index (κ2) is 23.9. The fourth-order valence-electron chi connectivity index (χ4n) is 10.7. The number of unbranched alkanes of at least 4 members (excludes halogenated alkanes) is 2. The minimum Gasteiger partial charge on any atom is -0.493 e. The Hall–Kier alpha value is -7.69. The van der Waals surface area contributed by atoms with E-state index in [1.165, 1.54) is 5.56 Å². The Morgan fingerprint density at radius 2 is 1.39 bits per heavy atom. The standard InChI is InChI=1S/C60H66N6O10/c1-36-23-49-50(62-33-46-29-43-14-6-9-18-52(43)66(46)60(49)72)32-54(36)74-34-39-25-40(35-75-56-30-41-20-21-45-28-42-13-5-8-17-51(42)65(45)59(71)48(41)31-55(56)73-4)27-44(26-39)64-58(70)37(2)24-53(68)38(3)63-57(69)19-10-7-15-47(67)16-11-12-22-76-61/h5-6,8-9,13-14,17-18,23,25-27,30-33,37-38,45-46H,7,10-12,15-16,19-22,24,28-29,34-35,61H2,1-4H3,(H,63,69)(H,64,70)/t37-,38+,45-,46+/m1/s1. The molecule has 9 rings (SSSR count). The van der Waals surface area contributed by atoms with Gasteiger partial charge in [0.05, 0.1) is 37.1 Å². The van der Waals surface area contributed by atoms with E-state index in [4.69, 9.17) is 25.1 Å². The van der Waals surface area contributed by atoms with E-state index in [0.29, 0.717) is 109 Å². The van der Waals surface area contributed by atoms with Crippen molar-refractivity contribution >= 4 is 64.2 Å². The highest BCUT2D eigenvalue weighted by molar-refractivity contribution is 6.15. The lowest BCUT2D eigenvalue weighted by Gasteiger charge is -2.23. The number of carbonyl (C=O) groups is 6. The number of para-hydroxylation sites is 2. The molecule has 16 nitrogen and oxygen atoms in total. The highest BCUT2D eigenvalue weighted by Gasteiger charge is 2.39. The van der Waals surface area contributed by atoms with E-state index in [9.17, 15) is 28.8 Å². The molecule has 4 N–H and O–H groups in total. The SMILES string of the molecule is COc1cc2c(cc1OCc1cc(COc3cc4c(cc3C)C(=O)N3c5ccccc5C[C@H]3C=N4)cc(NC(=O)[C@H](C)CC(=O)[C@H](C)NC(=O)CCCCC(=O)CCCCON)c1)CC[C@@H]1Cc3ccccc3N1C2=O. The number of ether oxygens (including phenoxy) is 3. The number of nitrogens with one attached hydrogen (secondary N) is 2. The summed E-state index contributed by atoms with van der Waals surface area (Å²) in [5, 5.41) is 5.75. The lowest BCUT2D eigenvalue weighted by Crippen LogP contribution is -2.39. The van der Waals surface area contributed by atoms with Crippen molar-refractivity contribution in [3.8, 4) is 17.2 Å². The number of hydrogen-bond donors (Lipinski definition) is 3. The van der Waals surface area contributed by atoms with Crippen molar-refractivity contribution in [3.63, 3.8) is 0 Å². The number of anilines is 3. The average molecular weight is 1030 g/mol. The van der Waals surface area contributed by atoms with Crippen LogP contribution < -0.4 is 40.5 Å². The average Bonchev–Trinajstić information content (AvgIpc) is 3.91. The Morgan fingerprint density at radius 1 is 0.737 bits per heavy atom. The first kappa shape index (κ1) is 53.1. The van der Waals surface area contributed by atoms with E-state index in [2.05, 4.69) is 21.5 Å². The molecule has 0 bridgehead atoms. The molecule has 0 unspecified atom stereocenters. The van der Waals surface area contributed by atoms with E-state index < -0.39 is 17.9 Å². The van der Waals surface area contributed by atoms with Crippen molar-refractivity contribution in [3.05, 3.63) is 136 Å². The summed E-state index contributed by atoms with van der Waals surface area (Å²) in [6, 6.07) is 27.8. The number of nitrogens with zero attached hydrogens (tertiary/aromatic N) is 3. The fourth-order valence-corrected chi connectivity index (χ4v) is 10.7. The smallest absolute Gasteiger partial charge is 0.261 e. The van der Waals surface area contributed by atoms with Gasteiger partial charge in [0.25, 0.3) is 11.8 Å². The molecular weight excluding hydrogens is 965 g/mol. The van der Waals surface area contributed by atoms with Crippen molar-refractivity contribution in [2.24, 2.45) is 16.8 Å². The second-order valence-corrected chi connectivity index (χ2v) is 20.4. The molecule has 0 aromatic heterocycles. The second-order valence-electron chi connectivity index (χ2n) is 20.4. The van der Waals surface area contributed by atoms with Crippen molar-refractivity contribution in [1.29, 1.82) is 0 Å². The van der Waals surface area contributed by atoms with Crippen LogP contribution in [0.25, 0.3) is 0 Å². The molecule has 5 aromatic rings. The van der Waals surface area contributed by atoms with Gasteiger partial charge in [0.15, 0.2) is 17.3 Å². The summed E-state index contributed by atoms with van der Waals surface area (Å²) in [7, 11) is 1.54. The molecule has 396 valence electrons. The third-order valence-electron chi connectivity index (χ3n) is 14.8. The number of aryl methyl sites for hydroxylation is 2. The number of fused-ring (bicyclic) bond motifs is 8. The van der Waals surface area contributed by atoms with Crippen molar-refractivity contribution < 1.29 is 47.8 Å². The van der Waals surface area contributed by atoms with Gasteiger partial charge in [0.1, 0.15) is 24.7 Å². The lowest BCUT2D eigenvalue weighted by atomic mass is 9.99. The van der Waals surface area contributed by atoms with Gasteiger partial charge >= 0.3 is 0 Å². The quantitative estimate of drug-likeness (QED) is 0.0415. The molecule has 0 saturated carbocycles. The van der Waals surface area contributed by atoms with E-state index >= 15 is 0 Å². The van der Waals surface area contributed by atoms with Gasteiger partial charge in [-0.3, -0.25) is 38.7 Å². The predicted octanol–water partition coefficient (Wildman–Crippen LogP) is 9.20. The van der Waals surface area contributed by atoms with Gasteiger partial charge in [-0.15, -0.1) is 0 Å². The number of ketones is 2. The summed E-state index contributed by atoms with van der Waals surface area (Å²) in [5.74, 6) is 4.65. The van der Waals surface area contributed by atoms with Crippen LogP contribution in [0.15, 0.2) is 96.0 Å². The van der Waals surface area contributed by atoms with Crippen molar-refractivity contribution in [2.45, 2.75) is 129 Å². The Morgan fingerprint density at radius 3 is 2.12 bits per heavy atom. The third kappa shape index (κ3) is 12.0. The molecule has 4 amide bonds. The zero-order valence-electron chi connectivity index (χ0n) is 43.7. The maximum absolute atomic E-state index is 14.2. The number of methoxy groups -OCH3 is 1. The lowest BCUT2D eigenvalue weighted by molar-refractivity contribution is -0.129. The zero-order chi connectivity index (χ0) is 53.5. The molecular formula is C60H66N6O10. The summed E-state index contributed by atoms with van der Waals surface area (Å²) >= 11 is 0. The van der Waals surface area contributed by atoms with Gasteiger partial charge in [-0.05, 0) is 141 Å². The molecule has 0 aliphatic carbocycles. The largest absolute Gasteiger partial charge is 0.493 e. The zero-order valence-corrected chi connectivity index (χ0v) is 43.7. The molecule has 4 heterocycles. The molecule has 0 radical (unpaired) electrons. The fraction of sp³-hybridized carbons (Fsp3) is 0.383. The summed E-state index contributed by atoms with van der Waals surface area (Å²) in [5.41, 5.74) is 9.14. The summed E-state index contributed by atoms with van der Waals surface area (Å²) in [6.07, 6.45) is 8.16. The maximum Gasteiger partial charge on any atom is 0.261 e. The van der Waals surface area contributed by atoms with Gasteiger partial charge in [-0.2, -0.15) is 0 Å². The van der Waals surface area contributed by atoms with Crippen LogP contribution in [0.4, 0.5) is 22.7 Å². The number of nitrogens with two attached hydrogens (primary N) is 1. The summed E-state index contributed by atoms with van der Waals surface area (Å²) in [4.78, 5) is 93.3. The topological polar surface area (TPSA) is 208 Å². The first-order valence-electron chi connectivity index (χ1n) is 26.4. The number of aliphatic imine (C=N–C) groups is 1. The Kier molecular flexibility index (Phi) is 16.7. The normalized spacial score (nSPS) is 16.7. The van der Waals surface area contributed by atoms with Crippen LogP contribution >= 0.6 is 0 Å². The highest BCUT2D eigenvalue weighted by Crippen LogP contribution is 2.42. The molecule has 4 atom stereocenters. The van der Waals surface area contributed by atoms with Crippen LogP contribution in [0.3, 0.4) is 0 Å². The first-order valence-corrected chi connectivity index (χ1v) is 26.4. The summed E-state index contributed by atoms with van der Waals surface area (Å²) in [6.45, 7) is 5.69. The monoisotopic (exact) mass is 1030 g/mol. The predicted molar refractivity (Wildman–Crippen MR) is 290 cm³/mol.